The fraction of sp³-hybridized carbons (Fsp3) is 0.500. The maximum absolute atomic E-state index is 12.7. The predicted octanol–water partition coefficient (Wildman–Crippen LogP) is 3.33. The topological polar surface area (TPSA) is 38.1 Å². The van der Waals surface area contributed by atoms with Gasteiger partial charge in [0.25, 0.3) is 0 Å². The molecule has 2 aromatic rings. The zero-order valence-corrected chi connectivity index (χ0v) is 14.5. The Labute approximate surface area is 143 Å². The van der Waals surface area contributed by atoms with Gasteiger partial charge in [0.2, 0.25) is 5.91 Å². The van der Waals surface area contributed by atoms with E-state index in [0.717, 1.165) is 31.1 Å². The highest BCUT2D eigenvalue weighted by atomic mass is 16.2. The predicted molar refractivity (Wildman–Crippen MR) is 93.9 cm³/mol. The highest BCUT2D eigenvalue weighted by Crippen LogP contribution is 2.34. The van der Waals surface area contributed by atoms with Gasteiger partial charge in [-0.1, -0.05) is 30.3 Å². The first kappa shape index (κ1) is 15.4. The van der Waals surface area contributed by atoms with Gasteiger partial charge in [0.15, 0.2) is 0 Å². The minimum Gasteiger partial charge on any atom is -0.341 e. The molecule has 1 aliphatic carbocycles. The van der Waals surface area contributed by atoms with Crippen LogP contribution in [0.25, 0.3) is 0 Å². The van der Waals surface area contributed by atoms with Gasteiger partial charge in [0.1, 0.15) is 5.82 Å². The lowest BCUT2D eigenvalue weighted by molar-refractivity contribution is -0.137. The molecule has 2 heterocycles. The molecule has 1 saturated heterocycles. The summed E-state index contributed by atoms with van der Waals surface area (Å²) in [6.07, 6.45) is 4.68. The number of aromatic nitrogens is 2. The van der Waals surface area contributed by atoms with Crippen LogP contribution in [0.4, 0.5) is 0 Å². The summed E-state index contributed by atoms with van der Waals surface area (Å²) >= 11 is 0. The van der Waals surface area contributed by atoms with Crippen molar-refractivity contribution in [1.82, 2.24) is 14.5 Å². The van der Waals surface area contributed by atoms with Crippen LogP contribution in [0.2, 0.25) is 0 Å². The van der Waals surface area contributed by atoms with Crippen molar-refractivity contribution in [2.45, 2.75) is 45.1 Å². The molecule has 0 bridgehead atoms. The Morgan fingerprint density at radius 2 is 1.96 bits per heavy atom. The summed E-state index contributed by atoms with van der Waals surface area (Å²) in [6.45, 7) is 6.85. The lowest BCUT2D eigenvalue weighted by atomic mass is 9.93. The first-order valence-electron chi connectivity index (χ1n) is 8.99. The molecule has 1 amide bonds. The Kier molecular flexibility index (Phi) is 3.91. The van der Waals surface area contributed by atoms with E-state index in [-0.39, 0.29) is 11.8 Å². The van der Waals surface area contributed by atoms with E-state index in [0.29, 0.717) is 5.92 Å². The largest absolute Gasteiger partial charge is 0.341 e. The third-order valence-electron chi connectivity index (χ3n) is 5.45. The zero-order valence-electron chi connectivity index (χ0n) is 14.5. The first-order chi connectivity index (χ1) is 11.6. The van der Waals surface area contributed by atoms with Gasteiger partial charge >= 0.3 is 0 Å². The molecule has 0 N–H and O–H groups in total. The molecule has 1 aromatic heterocycles. The molecule has 2 aliphatic rings. The number of imidazole rings is 1. The van der Waals surface area contributed by atoms with Gasteiger partial charge in [-0.05, 0) is 38.2 Å². The Morgan fingerprint density at radius 1 is 1.25 bits per heavy atom. The van der Waals surface area contributed by atoms with E-state index in [1.165, 1.54) is 24.4 Å². The average Bonchev–Trinajstić information content (AvgIpc) is 3.31. The second-order valence-corrected chi connectivity index (χ2v) is 7.38. The Balaban J connectivity index is 1.40. The average molecular weight is 323 g/mol. The molecule has 1 atom stereocenters. The molecule has 0 spiro atoms. The minimum absolute atomic E-state index is 0.0694. The molecule has 2 fully saturated rings. The van der Waals surface area contributed by atoms with Crippen molar-refractivity contribution >= 4 is 5.91 Å². The van der Waals surface area contributed by atoms with E-state index >= 15 is 0 Å². The monoisotopic (exact) mass is 323 g/mol. The van der Waals surface area contributed by atoms with Crippen LogP contribution in [-0.2, 0) is 11.3 Å². The fourth-order valence-corrected chi connectivity index (χ4v) is 3.58. The fourth-order valence-electron chi connectivity index (χ4n) is 3.58. The van der Waals surface area contributed by atoms with Gasteiger partial charge in [-0.3, -0.25) is 4.79 Å². The van der Waals surface area contributed by atoms with Crippen LogP contribution in [-0.4, -0.2) is 33.4 Å². The van der Waals surface area contributed by atoms with Crippen LogP contribution in [0, 0.1) is 12.8 Å². The Hall–Kier alpha value is -2.10. The van der Waals surface area contributed by atoms with Crippen molar-refractivity contribution < 1.29 is 4.79 Å². The van der Waals surface area contributed by atoms with Crippen molar-refractivity contribution in [1.29, 1.82) is 0 Å². The summed E-state index contributed by atoms with van der Waals surface area (Å²) in [4.78, 5) is 19.3. The molecule has 1 saturated carbocycles. The highest BCUT2D eigenvalue weighted by molar-refractivity contribution is 5.84. The summed E-state index contributed by atoms with van der Waals surface area (Å²) in [5.41, 5.74) is 2.34. The van der Waals surface area contributed by atoms with Crippen molar-refractivity contribution in [2.75, 3.05) is 13.1 Å². The lowest BCUT2D eigenvalue weighted by Crippen LogP contribution is -2.50. The number of rotatable bonds is 5. The Bertz CT molecular complexity index is 727. The van der Waals surface area contributed by atoms with Gasteiger partial charge in [-0.25, -0.2) is 4.98 Å². The maximum Gasteiger partial charge on any atom is 0.229 e. The molecule has 126 valence electrons. The van der Waals surface area contributed by atoms with Crippen LogP contribution in [0.5, 0.6) is 0 Å². The number of hydrogen-bond donors (Lipinski definition) is 0. The normalized spacial score (nSPS) is 19.2. The van der Waals surface area contributed by atoms with Gasteiger partial charge in [-0.15, -0.1) is 0 Å². The standard InChI is InChI=1S/C20H25N3O/c1-14-10-21-19(23(14)11-16-8-9-16)18-12-22(13-18)20(24)15(2)17-6-4-3-5-7-17/h3-7,10,15-16,18H,8-9,11-13H2,1-2H3. The number of hydrogen-bond acceptors (Lipinski definition) is 2. The summed E-state index contributed by atoms with van der Waals surface area (Å²) in [5.74, 6) is 2.57. The van der Waals surface area contributed by atoms with Crippen LogP contribution < -0.4 is 0 Å². The summed E-state index contributed by atoms with van der Waals surface area (Å²) in [5, 5.41) is 0. The minimum atomic E-state index is -0.0694. The summed E-state index contributed by atoms with van der Waals surface area (Å²) < 4.78 is 2.38. The van der Waals surface area contributed by atoms with E-state index in [2.05, 4.69) is 16.5 Å². The number of amides is 1. The molecule has 1 aliphatic heterocycles. The number of nitrogens with zero attached hydrogens (tertiary/aromatic N) is 3. The van der Waals surface area contributed by atoms with E-state index in [1.54, 1.807) is 0 Å². The maximum atomic E-state index is 12.7. The third kappa shape index (κ3) is 2.85. The van der Waals surface area contributed by atoms with Crippen LogP contribution >= 0.6 is 0 Å². The molecule has 1 aromatic carbocycles. The van der Waals surface area contributed by atoms with Crippen LogP contribution in [0.15, 0.2) is 36.5 Å². The number of aryl methyl sites for hydroxylation is 1. The van der Waals surface area contributed by atoms with E-state index in [1.807, 2.05) is 48.4 Å². The molecule has 4 heteroatoms. The Morgan fingerprint density at radius 3 is 2.62 bits per heavy atom. The smallest absolute Gasteiger partial charge is 0.229 e. The molecular weight excluding hydrogens is 298 g/mol. The van der Waals surface area contributed by atoms with E-state index < -0.39 is 0 Å². The first-order valence-corrected chi connectivity index (χ1v) is 8.99. The number of carbonyl (C=O) groups excluding carboxylic acids is 1. The second-order valence-electron chi connectivity index (χ2n) is 7.38. The third-order valence-corrected chi connectivity index (χ3v) is 5.45. The van der Waals surface area contributed by atoms with Crippen LogP contribution in [0.3, 0.4) is 0 Å². The molecule has 4 nitrogen and oxygen atoms in total. The van der Waals surface area contributed by atoms with Crippen molar-refractivity contribution in [3.8, 4) is 0 Å². The second kappa shape index (κ2) is 6.08. The van der Waals surface area contributed by atoms with E-state index in [4.69, 9.17) is 0 Å². The van der Waals surface area contributed by atoms with Gasteiger partial charge in [0, 0.05) is 31.5 Å². The molecular formula is C20H25N3O. The van der Waals surface area contributed by atoms with E-state index in [9.17, 15) is 4.79 Å². The van der Waals surface area contributed by atoms with Crippen molar-refractivity contribution in [2.24, 2.45) is 5.92 Å². The quantitative estimate of drug-likeness (QED) is 0.846. The number of carbonyl (C=O) groups is 1. The highest BCUT2D eigenvalue weighted by Gasteiger charge is 2.37. The molecule has 0 radical (unpaired) electrons. The van der Waals surface area contributed by atoms with Crippen molar-refractivity contribution in [3.63, 3.8) is 0 Å². The van der Waals surface area contributed by atoms with Crippen molar-refractivity contribution in [3.05, 3.63) is 53.6 Å². The lowest BCUT2D eigenvalue weighted by Gasteiger charge is -2.40. The molecule has 24 heavy (non-hydrogen) atoms. The summed E-state index contributed by atoms with van der Waals surface area (Å²) in [7, 11) is 0. The van der Waals surface area contributed by atoms with Crippen LogP contribution in [0.1, 0.15) is 48.7 Å². The molecule has 4 rings (SSSR count). The SMILES string of the molecule is Cc1cnc(C2CN(C(=O)C(C)c3ccccc3)C2)n1CC1CC1. The van der Waals surface area contributed by atoms with Gasteiger partial charge < -0.3 is 9.47 Å². The number of likely N-dealkylation sites (tertiary alicyclic amines) is 1. The van der Waals surface area contributed by atoms with Gasteiger partial charge in [0.05, 0.1) is 11.8 Å². The number of benzene rings is 1. The summed E-state index contributed by atoms with van der Waals surface area (Å²) in [6, 6.07) is 10.0. The zero-order chi connectivity index (χ0) is 16.7. The van der Waals surface area contributed by atoms with Gasteiger partial charge in [-0.2, -0.15) is 0 Å². The molecule has 1 unspecified atom stereocenters.